The zero-order chi connectivity index (χ0) is 14.4. The summed E-state index contributed by atoms with van der Waals surface area (Å²) in [4.78, 5) is 4.62. The van der Waals surface area contributed by atoms with E-state index in [1.807, 2.05) is 0 Å². The van der Waals surface area contributed by atoms with E-state index in [0.29, 0.717) is 11.8 Å². The van der Waals surface area contributed by atoms with Crippen molar-refractivity contribution in [3.8, 4) is 0 Å². The standard InChI is InChI=1S/C16H29N3O/c1-3-12(9-10-17)6-8-15-18-16(19-20-15)14-7-5-13(4-2)11-14/h12-14H,3-11,17H2,1-2H3. The van der Waals surface area contributed by atoms with Crippen LogP contribution < -0.4 is 5.73 Å². The van der Waals surface area contributed by atoms with Gasteiger partial charge in [0.2, 0.25) is 5.89 Å². The molecule has 3 unspecified atom stereocenters. The van der Waals surface area contributed by atoms with Crippen molar-refractivity contribution in [1.82, 2.24) is 10.1 Å². The maximum absolute atomic E-state index is 5.64. The molecule has 2 rings (SSSR count). The predicted molar refractivity (Wildman–Crippen MR) is 80.4 cm³/mol. The highest BCUT2D eigenvalue weighted by Crippen LogP contribution is 2.38. The number of hydrogen-bond donors (Lipinski definition) is 1. The van der Waals surface area contributed by atoms with Crippen LogP contribution in [0, 0.1) is 11.8 Å². The monoisotopic (exact) mass is 279 g/mol. The number of aromatic nitrogens is 2. The molecule has 1 aliphatic rings. The Labute approximate surface area is 122 Å². The van der Waals surface area contributed by atoms with E-state index in [1.165, 1.54) is 32.1 Å². The maximum atomic E-state index is 5.64. The van der Waals surface area contributed by atoms with Crippen LogP contribution in [0.15, 0.2) is 4.52 Å². The third kappa shape index (κ3) is 4.05. The molecule has 0 saturated heterocycles. The van der Waals surface area contributed by atoms with Gasteiger partial charge in [0, 0.05) is 12.3 Å². The lowest BCUT2D eigenvalue weighted by atomic mass is 9.97. The molecule has 0 aliphatic heterocycles. The molecule has 1 aromatic rings. The molecule has 4 heteroatoms. The Morgan fingerprint density at radius 1 is 1.30 bits per heavy atom. The molecule has 1 fully saturated rings. The predicted octanol–water partition coefficient (Wildman–Crippen LogP) is 3.67. The van der Waals surface area contributed by atoms with Crippen LogP contribution in [0.25, 0.3) is 0 Å². The molecule has 1 aliphatic carbocycles. The van der Waals surface area contributed by atoms with Crippen molar-refractivity contribution in [2.75, 3.05) is 6.54 Å². The first kappa shape index (κ1) is 15.5. The van der Waals surface area contributed by atoms with Crippen molar-refractivity contribution in [2.24, 2.45) is 17.6 Å². The smallest absolute Gasteiger partial charge is 0.226 e. The zero-order valence-corrected chi connectivity index (χ0v) is 13.0. The molecule has 0 radical (unpaired) electrons. The maximum Gasteiger partial charge on any atom is 0.226 e. The lowest BCUT2D eigenvalue weighted by Gasteiger charge is -2.11. The molecular weight excluding hydrogens is 250 g/mol. The van der Waals surface area contributed by atoms with Crippen LogP contribution in [0.1, 0.15) is 76.4 Å². The number of nitrogens with two attached hydrogens (primary N) is 1. The molecule has 0 aromatic carbocycles. The van der Waals surface area contributed by atoms with Crippen molar-refractivity contribution in [3.63, 3.8) is 0 Å². The van der Waals surface area contributed by atoms with E-state index in [4.69, 9.17) is 10.3 Å². The summed E-state index contributed by atoms with van der Waals surface area (Å²) in [6.45, 7) is 5.27. The van der Waals surface area contributed by atoms with Gasteiger partial charge in [0.1, 0.15) is 0 Å². The van der Waals surface area contributed by atoms with Gasteiger partial charge in [-0.1, -0.05) is 31.8 Å². The largest absolute Gasteiger partial charge is 0.339 e. The zero-order valence-electron chi connectivity index (χ0n) is 13.0. The summed E-state index contributed by atoms with van der Waals surface area (Å²) in [6.07, 6.45) is 9.34. The molecule has 0 spiro atoms. The molecule has 0 bridgehead atoms. The summed E-state index contributed by atoms with van der Waals surface area (Å²) in [5, 5.41) is 4.21. The summed E-state index contributed by atoms with van der Waals surface area (Å²) in [6, 6.07) is 0. The number of aryl methyl sites for hydroxylation is 1. The van der Waals surface area contributed by atoms with Crippen LogP contribution >= 0.6 is 0 Å². The SMILES string of the molecule is CCC(CCN)CCc1nc(C2CCC(CC)C2)no1. The Kier molecular flexibility index (Phi) is 6.02. The van der Waals surface area contributed by atoms with E-state index < -0.39 is 0 Å². The summed E-state index contributed by atoms with van der Waals surface area (Å²) >= 11 is 0. The van der Waals surface area contributed by atoms with Gasteiger partial charge in [0.15, 0.2) is 5.82 Å². The van der Waals surface area contributed by atoms with Crippen LogP contribution in [0.4, 0.5) is 0 Å². The van der Waals surface area contributed by atoms with Crippen LogP contribution in [-0.4, -0.2) is 16.7 Å². The average Bonchev–Trinajstić information content (AvgIpc) is 3.11. The van der Waals surface area contributed by atoms with Gasteiger partial charge in [-0.05, 0) is 50.5 Å². The lowest BCUT2D eigenvalue weighted by Crippen LogP contribution is -2.09. The highest BCUT2D eigenvalue weighted by atomic mass is 16.5. The average molecular weight is 279 g/mol. The van der Waals surface area contributed by atoms with E-state index in [9.17, 15) is 0 Å². The van der Waals surface area contributed by atoms with Gasteiger partial charge in [-0.25, -0.2) is 0 Å². The van der Waals surface area contributed by atoms with Crippen molar-refractivity contribution in [1.29, 1.82) is 0 Å². The third-order valence-electron chi connectivity index (χ3n) is 4.89. The van der Waals surface area contributed by atoms with Gasteiger partial charge in [-0.15, -0.1) is 0 Å². The fourth-order valence-electron chi connectivity index (χ4n) is 3.33. The highest BCUT2D eigenvalue weighted by molar-refractivity contribution is 4.99. The second kappa shape index (κ2) is 7.77. The molecule has 4 nitrogen and oxygen atoms in total. The van der Waals surface area contributed by atoms with E-state index in [-0.39, 0.29) is 0 Å². The lowest BCUT2D eigenvalue weighted by molar-refractivity contribution is 0.348. The Hall–Kier alpha value is -0.900. The molecule has 1 saturated carbocycles. The van der Waals surface area contributed by atoms with E-state index >= 15 is 0 Å². The fourth-order valence-corrected chi connectivity index (χ4v) is 3.33. The number of hydrogen-bond acceptors (Lipinski definition) is 4. The fraction of sp³-hybridized carbons (Fsp3) is 0.875. The first-order valence-electron chi connectivity index (χ1n) is 8.29. The van der Waals surface area contributed by atoms with Gasteiger partial charge >= 0.3 is 0 Å². The van der Waals surface area contributed by atoms with Crippen molar-refractivity contribution in [3.05, 3.63) is 11.7 Å². The van der Waals surface area contributed by atoms with E-state index in [0.717, 1.165) is 43.4 Å². The van der Waals surface area contributed by atoms with E-state index in [2.05, 4.69) is 24.0 Å². The summed E-state index contributed by atoms with van der Waals surface area (Å²) in [7, 11) is 0. The second-order valence-corrected chi connectivity index (χ2v) is 6.22. The number of nitrogens with zero attached hydrogens (tertiary/aromatic N) is 2. The van der Waals surface area contributed by atoms with Crippen LogP contribution in [0.5, 0.6) is 0 Å². The molecule has 20 heavy (non-hydrogen) atoms. The molecule has 2 N–H and O–H groups in total. The quantitative estimate of drug-likeness (QED) is 0.788. The molecule has 0 amide bonds. The van der Waals surface area contributed by atoms with Gasteiger partial charge in [0.25, 0.3) is 0 Å². The van der Waals surface area contributed by atoms with Crippen LogP contribution in [0.3, 0.4) is 0 Å². The normalized spacial score (nSPS) is 24.1. The Morgan fingerprint density at radius 3 is 2.80 bits per heavy atom. The topological polar surface area (TPSA) is 64.9 Å². The summed E-state index contributed by atoms with van der Waals surface area (Å²) < 4.78 is 5.43. The summed E-state index contributed by atoms with van der Waals surface area (Å²) in [5.41, 5.74) is 5.64. The van der Waals surface area contributed by atoms with Gasteiger partial charge in [-0.2, -0.15) is 4.98 Å². The molecule has 3 atom stereocenters. The van der Waals surface area contributed by atoms with Crippen molar-refractivity contribution in [2.45, 2.75) is 71.1 Å². The Balaban J connectivity index is 1.83. The Morgan fingerprint density at radius 2 is 2.15 bits per heavy atom. The van der Waals surface area contributed by atoms with Crippen LogP contribution in [0.2, 0.25) is 0 Å². The first-order chi connectivity index (χ1) is 9.76. The molecule has 114 valence electrons. The highest BCUT2D eigenvalue weighted by Gasteiger charge is 2.28. The third-order valence-corrected chi connectivity index (χ3v) is 4.89. The van der Waals surface area contributed by atoms with Gasteiger partial charge in [-0.3, -0.25) is 0 Å². The minimum Gasteiger partial charge on any atom is -0.339 e. The molecule has 1 heterocycles. The van der Waals surface area contributed by atoms with Crippen LogP contribution in [-0.2, 0) is 6.42 Å². The molecule has 1 aromatic heterocycles. The minimum absolute atomic E-state index is 0.531. The van der Waals surface area contributed by atoms with Crippen molar-refractivity contribution >= 4 is 0 Å². The molecular formula is C16H29N3O. The number of rotatable bonds is 8. The minimum atomic E-state index is 0.531. The van der Waals surface area contributed by atoms with Crippen molar-refractivity contribution < 1.29 is 4.52 Å². The second-order valence-electron chi connectivity index (χ2n) is 6.22. The Bertz CT molecular complexity index is 391. The van der Waals surface area contributed by atoms with Gasteiger partial charge in [0.05, 0.1) is 0 Å². The van der Waals surface area contributed by atoms with E-state index in [1.54, 1.807) is 0 Å². The summed E-state index contributed by atoms with van der Waals surface area (Å²) in [5.74, 6) is 3.84. The first-order valence-corrected chi connectivity index (χ1v) is 8.29. The van der Waals surface area contributed by atoms with Gasteiger partial charge < -0.3 is 10.3 Å².